The maximum Gasteiger partial charge on any atom is 0.0162 e. The molecule has 0 aliphatic carbocycles. The lowest BCUT2D eigenvalue weighted by atomic mass is 10.3. The first-order valence-corrected chi connectivity index (χ1v) is 3.05. The number of benzene rings is 1. The Labute approximate surface area is 56.6 Å². The van der Waals surface area contributed by atoms with Crippen LogP contribution in [0.15, 0.2) is 28.7 Å². The molecule has 0 saturated heterocycles. The van der Waals surface area contributed by atoms with E-state index in [1.54, 1.807) is 12.1 Å². The van der Waals surface area contributed by atoms with E-state index in [-0.39, 0.29) is 0 Å². The summed E-state index contributed by atoms with van der Waals surface area (Å²) in [5, 5.41) is 0. The Hall–Kier alpha value is -0.500. The van der Waals surface area contributed by atoms with E-state index in [9.17, 15) is 0 Å². The van der Waals surface area contributed by atoms with Crippen molar-refractivity contribution in [2.45, 2.75) is 0 Å². The molecule has 1 aromatic carbocycles. The smallest absolute Gasteiger partial charge is 0.0162 e. The average Bonchev–Trinajstić information content (AvgIpc) is 1.64. The third-order valence-electron chi connectivity index (χ3n) is 0.825. The van der Waals surface area contributed by atoms with Gasteiger partial charge < -0.3 is 5.73 Å². The second-order valence-corrected chi connectivity index (χ2v) is 2.43. The van der Waals surface area contributed by atoms with Gasteiger partial charge in [0.05, 0.1) is 0 Å². The molecule has 0 radical (unpaired) electrons. The third kappa shape index (κ3) is 1.23. The van der Waals surface area contributed by atoms with Crippen molar-refractivity contribution in [1.82, 2.24) is 0 Å². The van der Waals surface area contributed by atoms with Gasteiger partial charge in [-0.15, -0.1) is 5.69 Å². The van der Waals surface area contributed by atoms with Crippen molar-refractivity contribution in [3.8, 4) is 0 Å². The maximum absolute atomic E-state index is 7.11. The minimum Gasteiger partial charge on any atom is -0.699 e. The minimum absolute atomic E-state index is 0.541. The molecule has 0 fully saturated rings. The molecule has 1 aromatic rings. The number of halogens is 1. The van der Waals surface area contributed by atoms with E-state index in [0.717, 1.165) is 4.47 Å². The Bertz CT molecular complexity index is 168. The van der Waals surface area contributed by atoms with Gasteiger partial charge in [0, 0.05) is 4.47 Å². The molecule has 0 unspecified atom stereocenters. The molecular weight excluding hydrogens is 166 g/mol. The molecule has 1 rings (SSSR count). The maximum atomic E-state index is 7.11. The molecule has 0 atom stereocenters. The third-order valence-corrected chi connectivity index (χ3v) is 1.32. The summed E-state index contributed by atoms with van der Waals surface area (Å²) < 4.78 is 0.963. The van der Waals surface area contributed by atoms with Crippen LogP contribution in [-0.2, 0) is 0 Å². The summed E-state index contributed by atoms with van der Waals surface area (Å²) >= 11 is 3.24. The summed E-state index contributed by atoms with van der Waals surface area (Å²) in [6, 6.07) is 7.23. The van der Waals surface area contributed by atoms with Crippen LogP contribution in [0.25, 0.3) is 5.73 Å². The van der Waals surface area contributed by atoms with Crippen LogP contribution in [0, 0.1) is 0 Å². The first-order valence-electron chi connectivity index (χ1n) is 2.26. The second-order valence-electron chi connectivity index (χ2n) is 1.51. The summed E-state index contributed by atoms with van der Waals surface area (Å²) in [4.78, 5) is 0. The van der Waals surface area contributed by atoms with Crippen LogP contribution in [0.5, 0.6) is 0 Å². The standard InChI is InChI=1S/C6H5BrN/c7-5-2-1-3-6(8)4-5/h1-4,8H/q-1. The molecule has 0 bridgehead atoms. The van der Waals surface area contributed by atoms with E-state index >= 15 is 0 Å². The Balaban J connectivity index is 3.08. The van der Waals surface area contributed by atoms with Crippen molar-refractivity contribution >= 4 is 21.6 Å². The van der Waals surface area contributed by atoms with Gasteiger partial charge >= 0.3 is 0 Å². The van der Waals surface area contributed by atoms with E-state index in [4.69, 9.17) is 5.73 Å². The van der Waals surface area contributed by atoms with Gasteiger partial charge in [-0.1, -0.05) is 34.1 Å². The number of hydrogen-bond donors (Lipinski definition) is 0. The lowest BCUT2D eigenvalue weighted by Crippen LogP contribution is -1.59. The molecular formula is C6H5BrN-. The normalized spacial score (nSPS) is 9.12. The van der Waals surface area contributed by atoms with Crippen LogP contribution < -0.4 is 0 Å². The van der Waals surface area contributed by atoms with Gasteiger partial charge in [0.15, 0.2) is 0 Å². The highest BCUT2D eigenvalue weighted by Gasteiger charge is 1.77. The number of hydrogen-bond acceptors (Lipinski definition) is 0. The highest BCUT2D eigenvalue weighted by atomic mass is 79.9. The Kier molecular flexibility index (Phi) is 1.53. The van der Waals surface area contributed by atoms with Crippen molar-refractivity contribution in [3.63, 3.8) is 0 Å². The summed E-state index contributed by atoms with van der Waals surface area (Å²) in [6.07, 6.45) is 0. The van der Waals surface area contributed by atoms with Gasteiger partial charge in [-0.05, 0) is 6.07 Å². The van der Waals surface area contributed by atoms with Crippen molar-refractivity contribution < 1.29 is 0 Å². The SMILES string of the molecule is [NH-]c1cccc(Br)c1. The predicted octanol–water partition coefficient (Wildman–Crippen LogP) is 3.13. The zero-order chi connectivity index (χ0) is 5.98. The summed E-state index contributed by atoms with van der Waals surface area (Å²) in [6.45, 7) is 0. The fraction of sp³-hybridized carbons (Fsp3) is 0. The molecule has 8 heavy (non-hydrogen) atoms. The van der Waals surface area contributed by atoms with Gasteiger partial charge in [-0.3, -0.25) is 0 Å². The van der Waals surface area contributed by atoms with Crippen molar-refractivity contribution in [1.29, 1.82) is 0 Å². The molecule has 1 nitrogen and oxygen atoms in total. The average molecular weight is 171 g/mol. The second kappa shape index (κ2) is 2.18. The van der Waals surface area contributed by atoms with Crippen LogP contribution in [0.3, 0.4) is 0 Å². The lowest BCUT2D eigenvalue weighted by molar-refractivity contribution is 1.67. The van der Waals surface area contributed by atoms with Gasteiger partial charge in [-0.2, -0.15) is 0 Å². The van der Waals surface area contributed by atoms with Gasteiger partial charge in [-0.25, -0.2) is 0 Å². The molecule has 1 N–H and O–H groups in total. The van der Waals surface area contributed by atoms with Crippen molar-refractivity contribution in [3.05, 3.63) is 34.5 Å². The molecule has 0 saturated carbocycles. The first kappa shape index (κ1) is 5.63. The summed E-state index contributed by atoms with van der Waals surface area (Å²) in [7, 11) is 0. The van der Waals surface area contributed by atoms with Crippen LogP contribution in [0.4, 0.5) is 5.69 Å². The zero-order valence-electron chi connectivity index (χ0n) is 4.19. The fourth-order valence-electron chi connectivity index (χ4n) is 0.488. The van der Waals surface area contributed by atoms with E-state index in [1.807, 2.05) is 12.1 Å². The Morgan fingerprint density at radius 2 is 2.12 bits per heavy atom. The van der Waals surface area contributed by atoms with Gasteiger partial charge in [0.25, 0.3) is 0 Å². The topological polar surface area (TPSA) is 23.8 Å². The van der Waals surface area contributed by atoms with Gasteiger partial charge in [0.2, 0.25) is 0 Å². The van der Waals surface area contributed by atoms with E-state index < -0.39 is 0 Å². The van der Waals surface area contributed by atoms with Crippen LogP contribution in [-0.4, -0.2) is 0 Å². The molecule has 0 spiro atoms. The molecule has 0 aromatic heterocycles. The summed E-state index contributed by atoms with van der Waals surface area (Å²) in [5.41, 5.74) is 7.65. The highest BCUT2D eigenvalue weighted by Crippen LogP contribution is 2.16. The van der Waals surface area contributed by atoms with E-state index in [1.165, 1.54) is 0 Å². The monoisotopic (exact) mass is 170 g/mol. The lowest BCUT2D eigenvalue weighted by Gasteiger charge is -1.99. The summed E-state index contributed by atoms with van der Waals surface area (Å²) in [5.74, 6) is 0. The number of nitrogens with one attached hydrogen (secondary N) is 1. The van der Waals surface area contributed by atoms with E-state index in [2.05, 4.69) is 15.9 Å². The van der Waals surface area contributed by atoms with Crippen molar-refractivity contribution in [2.75, 3.05) is 0 Å². The highest BCUT2D eigenvalue weighted by molar-refractivity contribution is 9.10. The minimum atomic E-state index is 0.541. The molecule has 0 aliphatic rings. The van der Waals surface area contributed by atoms with Crippen LogP contribution in [0.1, 0.15) is 0 Å². The quantitative estimate of drug-likeness (QED) is 0.572. The molecule has 2 heteroatoms. The van der Waals surface area contributed by atoms with Crippen molar-refractivity contribution in [2.24, 2.45) is 0 Å². The fourth-order valence-corrected chi connectivity index (χ4v) is 0.888. The Morgan fingerprint density at radius 3 is 2.50 bits per heavy atom. The molecule has 42 valence electrons. The molecule has 0 heterocycles. The number of rotatable bonds is 0. The molecule has 0 aliphatic heterocycles. The Morgan fingerprint density at radius 1 is 1.38 bits per heavy atom. The van der Waals surface area contributed by atoms with Gasteiger partial charge in [0.1, 0.15) is 0 Å². The first-order chi connectivity index (χ1) is 3.79. The zero-order valence-corrected chi connectivity index (χ0v) is 5.77. The molecule has 0 amide bonds. The van der Waals surface area contributed by atoms with E-state index in [0.29, 0.717) is 5.69 Å². The van der Waals surface area contributed by atoms with Crippen LogP contribution >= 0.6 is 15.9 Å². The predicted molar refractivity (Wildman–Crippen MR) is 38.1 cm³/mol. The largest absolute Gasteiger partial charge is 0.699 e. The van der Waals surface area contributed by atoms with Crippen LogP contribution in [0.2, 0.25) is 0 Å².